The number of aromatic nitrogens is 3. The highest BCUT2D eigenvalue weighted by atomic mass is 16.4. The van der Waals surface area contributed by atoms with Crippen molar-refractivity contribution in [2.45, 2.75) is 46.1 Å². The van der Waals surface area contributed by atoms with Gasteiger partial charge in [0.1, 0.15) is 12.2 Å². The minimum atomic E-state index is -0.778. The molecule has 0 saturated heterocycles. The third kappa shape index (κ3) is 2.18. The van der Waals surface area contributed by atoms with E-state index in [2.05, 4.69) is 10.2 Å². The van der Waals surface area contributed by atoms with Gasteiger partial charge in [-0.25, -0.2) is 0 Å². The van der Waals surface area contributed by atoms with Crippen LogP contribution >= 0.6 is 0 Å². The van der Waals surface area contributed by atoms with E-state index in [1.807, 2.05) is 18.4 Å². The Labute approximate surface area is 101 Å². The van der Waals surface area contributed by atoms with E-state index in [1.54, 1.807) is 13.3 Å². The van der Waals surface area contributed by atoms with E-state index in [4.69, 9.17) is 0 Å². The van der Waals surface area contributed by atoms with Gasteiger partial charge in [0.05, 0.1) is 5.41 Å². The van der Waals surface area contributed by atoms with E-state index in [9.17, 15) is 9.90 Å². The van der Waals surface area contributed by atoms with Crippen LogP contribution in [0.3, 0.4) is 0 Å². The van der Waals surface area contributed by atoms with Gasteiger partial charge in [0.15, 0.2) is 0 Å². The molecule has 1 aromatic rings. The molecular formula is C12H19N3O2. The molecule has 94 valence electrons. The SMILES string of the molecule is CC(C)C(C)(Cc1nncn1C1CC1)C(=O)O. The maximum absolute atomic E-state index is 11.4. The van der Waals surface area contributed by atoms with Gasteiger partial charge < -0.3 is 9.67 Å². The first-order chi connectivity index (χ1) is 7.95. The van der Waals surface area contributed by atoms with Crippen molar-refractivity contribution < 1.29 is 9.90 Å². The molecule has 0 aromatic carbocycles. The van der Waals surface area contributed by atoms with Gasteiger partial charge in [0.2, 0.25) is 0 Å². The maximum Gasteiger partial charge on any atom is 0.310 e. The first-order valence-electron chi connectivity index (χ1n) is 6.07. The van der Waals surface area contributed by atoms with Gasteiger partial charge in [-0.3, -0.25) is 4.79 Å². The van der Waals surface area contributed by atoms with Crippen LogP contribution in [0.2, 0.25) is 0 Å². The first kappa shape index (κ1) is 12.1. The zero-order valence-corrected chi connectivity index (χ0v) is 10.6. The van der Waals surface area contributed by atoms with Gasteiger partial charge in [-0.2, -0.15) is 0 Å². The summed E-state index contributed by atoms with van der Waals surface area (Å²) in [5.74, 6) is 0.0910. The Bertz CT molecular complexity index is 423. The van der Waals surface area contributed by atoms with Crippen molar-refractivity contribution in [3.8, 4) is 0 Å². The highest BCUT2D eigenvalue weighted by Gasteiger charge is 2.39. The fourth-order valence-corrected chi connectivity index (χ4v) is 1.91. The molecule has 0 aliphatic heterocycles. The summed E-state index contributed by atoms with van der Waals surface area (Å²) in [4.78, 5) is 11.4. The number of carbonyl (C=O) groups is 1. The minimum Gasteiger partial charge on any atom is -0.481 e. The van der Waals surface area contributed by atoms with Crippen molar-refractivity contribution >= 4 is 5.97 Å². The lowest BCUT2D eigenvalue weighted by Gasteiger charge is -2.28. The third-order valence-corrected chi connectivity index (χ3v) is 3.88. The normalized spacial score (nSPS) is 19.3. The van der Waals surface area contributed by atoms with Crippen molar-refractivity contribution in [2.24, 2.45) is 11.3 Å². The number of nitrogens with zero attached hydrogens (tertiary/aromatic N) is 3. The summed E-state index contributed by atoms with van der Waals surface area (Å²) >= 11 is 0. The second kappa shape index (κ2) is 4.13. The number of rotatable bonds is 5. The van der Waals surface area contributed by atoms with Crippen LogP contribution in [0.1, 0.15) is 45.5 Å². The molecule has 0 bridgehead atoms. The van der Waals surface area contributed by atoms with Crippen molar-refractivity contribution in [3.63, 3.8) is 0 Å². The van der Waals surface area contributed by atoms with Gasteiger partial charge in [-0.05, 0) is 25.7 Å². The smallest absolute Gasteiger partial charge is 0.310 e. The third-order valence-electron chi connectivity index (χ3n) is 3.88. The predicted molar refractivity (Wildman–Crippen MR) is 62.6 cm³/mol. The zero-order valence-electron chi connectivity index (χ0n) is 10.6. The lowest BCUT2D eigenvalue weighted by atomic mass is 9.76. The monoisotopic (exact) mass is 237 g/mol. The van der Waals surface area contributed by atoms with Gasteiger partial charge in [0, 0.05) is 12.5 Å². The fraction of sp³-hybridized carbons (Fsp3) is 0.750. The molecule has 1 unspecified atom stereocenters. The molecule has 5 heteroatoms. The summed E-state index contributed by atoms with van der Waals surface area (Å²) in [6.45, 7) is 5.66. The lowest BCUT2D eigenvalue weighted by Crippen LogP contribution is -2.36. The average Bonchev–Trinajstić information content (AvgIpc) is 2.99. The van der Waals surface area contributed by atoms with E-state index in [0.717, 1.165) is 18.7 Å². The molecule has 17 heavy (non-hydrogen) atoms. The topological polar surface area (TPSA) is 68.0 Å². The van der Waals surface area contributed by atoms with E-state index in [0.29, 0.717) is 12.5 Å². The van der Waals surface area contributed by atoms with Crippen molar-refractivity contribution in [1.82, 2.24) is 14.8 Å². The Morgan fingerprint density at radius 3 is 2.76 bits per heavy atom. The van der Waals surface area contributed by atoms with E-state index < -0.39 is 11.4 Å². The van der Waals surface area contributed by atoms with Crippen LogP contribution < -0.4 is 0 Å². The molecular weight excluding hydrogens is 218 g/mol. The molecule has 1 aliphatic carbocycles. The zero-order chi connectivity index (χ0) is 12.6. The summed E-state index contributed by atoms with van der Waals surface area (Å²) < 4.78 is 2.03. The lowest BCUT2D eigenvalue weighted by molar-refractivity contribution is -0.150. The van der Waals surface area contributed by atoms with Gasteiger partial charge >= 0.3 is 5.97 Å². The second-order valence-corrected chi connectivity index (χ2v) is 5.44. The molecule has 1 aliphatic rings. The predicted octanol–water partition coefficient (Wildman–Crippen LogP) is 1.90. The van der Waals surface area contributed by atoms with Crippen LogP contribution in [0.15, 0.2) is 6.33 Å². The number of carboxylic acid groups (broad SMARTS) is 1. The van der Waals surface area contributed by atoms with Gasteiger partial charge in [-0.15, -0.1) is 10.2 Å². The minimum absolute atomic E-state index is 0.0596. The van der Waals surface area contributed by atoms with Crippen molar-refractivity contribution in [2.75, 3.05) is 0 Å². The van der Waals surface area contributed by atoms with Crippen LogP contribution in [0, 0.1) is 11.3 Å². The number of carboxylic acids is 1. The van der Waals surface area contributed by atoms with Crippen molar-refractivity contribution in [3.05, 3.63) is 12.2 Å². The number of aliphatic carboxylic acids is 1. The highest BCUT2D eigenvalue weighted by molar-refractivity contribution is 5.74. The highest BCUT2D eigenvalue weighted by Crippen LogP contribution is 2.37. The van der Waals surface area contributed by atoms with Gasteiger partial charge in [0.25, 0.3) is 0 Å². The number of hydrogen-bond acceptors (Lipinski definition) is 3. The van der Waals surface area contributed by atoms with Crippen LogP contribution in [-0.4, -0.2) is 25.8 Å². The Kier molecular flexibility index (Phi) is 2.93. The molecule has 1 aromatic heterocycles. The molecule has 1 fully saturated rings. The second-order valence-electron chi connectivity index (χ2n) is 5.44. The summed E-state index contributed by atoms with van der Waals surface area (Å²) in [5, 5.41) is 17.4. The van der Waals surface area contributed by atoms with Crippen LogP contribution in [0.4, 0.5) is 0 Å². The number of hydrogen-bond donors (Lipinski definition) is 1. The maximum atomic E-state index is 11.4. The Morgan fingerprint density at radius 1 is 1.65 bits per heavy atom. The summed E-state index contributed by atoms with van der Waals surface area (Å²) in [5.41, 5.74) is -0.778. The fourth-order valence-electron chi connectivity index (χ4n) is 1.91. The Hall–Kier alpha value is -1.39. The molecule has 1 atom stereocenters. The summed E-state index contributed by atoms with van der Waals surface area (Å²) in [6, 6.07) is 0.491. The standard InChI is InChI=1S/C12H19N3O2/c1-8(2)12(3,11(16)17)6-10-14-13-7-15(10)9-4-5-9/h7-9H,4-6H2,1-3H3,(H,16,17). The van der Waals surface area contributed by atoms with Crippen molar-refractivity contribution in [1.29, 1.82) is 0 Å². The molecule has 1 saturated carbocycles. The Morgan fingerprint density at radius 2 is 2.29 bits per heavy atom. The van der Waals surface area contributed by atoms with Crippen LogP contribution in [0.25, 0.3) is 0 Å². The van der Waals surface area contributed by atoms with E-state index >= 15 is 0 Å². The quantitative estimate of drug-likeness (QED) is 0.849. The summed E-state index contributed by atoms with van der Waals surface area (Å²) in [7, 11) is 0. The largest absolute Gasteiger partial charge is 0.481 e. The van der Waals surface area contributed by atoms with E-state index in [-0.39, 0.29) is 5.92 Å². The molecule has 0 spiro atoms. The molecule has 1 heterocycles. The molecule has 5 nitrogen and oxygen atoms in total. The van der Waals surface area contributed by atoms with E-state index in [1.165, 1.54) is 0 Å². The van der Waals surface area contributed by atoms with Crippen LogP contribution in [-0.2, 0) is 11.2 Å². The first-order valence-corrected chi connectivity index (χ1v) is 6.07. The molecule has 2 rings (SSSR count). The average molecular weight is 237 g/mol. The van der Waals surface area contributed by atoms with Gasteiger partial charge in [-0.1, -0.05) is 13.8 Å². The Balaban J connectivity index is 2.23. The molecule has 1 N–H and O–H groups in total. The van der Waals surface area contributed by atoms with Crippen LogP contribution in [0.5, 0.6) is 0 Å². The molecule has 0 amide bonds. The molecule has 0 radical (unpaired) electrons. The summed E-state index contributed by atoms with van der Waals surface area (Å²) in [6.07, 6.45) is 4.46.